The molecule has 0 aliphatic heterocycles. The molecule has 6 heteroatoms. The maximum absolute atomic E-state index is 12.4. The number of nitrogens with one attached hydrogen (secondary N) is 1. The summed E-state index contributed by atoms with van der Waals surface area (Å²) in [6.07, 6.45) is 0. The van der Waals surface area contributed by atoms with Gasteiger partial charge in [-0.1, -0.05) is 12.1 Å². The van der Waals surface area contributed by atoms with E-state index in [1.165, 1.54) is 20.3 Å². The second-order valence-electron chi connectivity index (χ2n) is 5.47. The Balaban J connectivity index is 2.12. The molecular formula is C18H22N2O4. The van der Waals surface area contributed by atoms with Crippen LogP contribution in [0.2, 0.25) is 0 Å². The Hall–Kier alpha value is -2.89. The van der Waals surface area contributed by atoms with E-state index in [-0.39, 0.29) is 17.1 Å². The van der Waals surface area contributed by atoms with E-state index in [1.807, 2.05) is 43.3 Å². The summed E-state index contributed by atoms with van der Waals surface area (Å²) in [5.74, 6) is 0.0721. The van der Waals surface area contributed by atoms with Gasteiger partial charge in [-0.15, -0.1) is 0 Å². The summed E-state index contributed by atoms with van der Waals surface area (Å²) < 4.78 is 10.2. The minimum Gasteiger partial charge on any atom is -0.507 e. The largest absolute Gasteiger partial charge is 0.507 e. The van der Waals surface area contributed by atoms with Gasteiger partial charge in [-0.05, 0) is 17.7 Å². The van der Waals surface area contributed by atoms with Crippen LogP contribution in [0.25, 0.3) is 0 Å². The fourth-order valence-corrected chi connectivity index (χ4v) is 2.27. The van der Waals surface area contributed by atoms with Crippen LogP contribution in [0, 0.1) is 0 Å². The molecule has 24 heavy (non-hydrogen) atoms. The number of carbonyl (C=O) groups is 1. The standard InChI is InChI=1S/C18H22N2O4/c1-20(2)13-7-5-12(6-8-13)11-19-18(22)17-15(21)9-14(23-3)10-16(17)24-4/h5-10,21H,11H2,1-4H3,(H,19,22). The molecule has 1 amide bonds. The van der Waals surface area contributed by atoms with Crippen molar-refractivity contribution in [2.75, 3.05) is 33.2 Å². The molecule has 0 saturated heterocycles. The lowest BCUT2D eigenvalue weighted by Crippen LogP contribution is -2.23. The van der Waals surface area contributed by atoms with Crippen LogP contribution >= 0.6 is 0 Å². The number of phenols is 1. The van der Waals surface area contributed by atoms with Crippen molar-refractivity contribution in [1.29, 1.82) is 0 Å². The zero-order valence-electron chi connectivity index (χ0n) is 14.3. The summed E-state index contributed by atoms with van der Waals surface area (Å²) in [5.41, 5.74) is 2.13. The minimum absolute atomic E-state index is 0.0863. The van der Waals surface area contributed by atoms with E-state index in [0.29, 0.717) is 12.3 Å². The lowest BCUT2D eigenvalue weighted by Gasteiger charge is -2.14. The van der Waals surface area contributed by atoms with Gasteiger partial charge in [-0.3, -0.25) is 4.79 Å². The Morgan fingerprint density at radius 1 is 1.12 bits per heavy atom. The molecule has 0 aromatic heterocycles. The Kier molecular flexibility index (Phi) is 5.52. The minimum atomic E-state index is -0.413. The lowest BCUT2D eigenvalue weighted by atomic mass is 10.1. The number of rotatable bonds is 6. The van der Waals surface area contributed by atoms with Gasteiger partial charge in [0.05, 0.1) is 14.2 Å². The lowest BCUT2D eigenvalue weighted by molar-refractivity contribution is 0.0945. The first-order valence-electron chi connectivity index (χ1n) is 7.45. The number of hydrogen-bond donors (Lipinski definition) is 2. The number of phenolic OH excluding ortho intramolecular Hbond substituents is 1. The molecule has 0 fully saturated rings. The first-order chi connectivity index (χ1) is 11.5. The zero-order valence-corrected chi connectivity index (χ0v) is 14.3. The normalized spacial score (nSPS) is 10.2. The van der Waals surface area contributed by atoms with Crippen molar-refractivity contribution in [3.63, 3.8) is 0 Å². The van der Waals surface area contributed by atoms with Crippen molar-refractivity contribution in [1.82, 2.24) is 5.32 Å². The molecule has 0 heterocycles. The van der Waals surface area contributed by atoms with Crippen molar-refractivity contribution >= 4 is 11.6 Å². The average molecular weight is 330 g/mol. The second kappa shape index (κ2) is 7.59. The van der Waals surface area contributed by atoms with E-state index in [1.54, 1.807) is 6.07 Å². The molecule has 0 radical (unpaired) electrons. The maximum Gasteiger partial charge on any atom is 0.259 e. The fourth-order valence-electron chi connectivity index (χ4n) is 2.27. The summed E-state index contributed by atoms with van der Waals surface area (Å²) in [6.45, 7) is 0.348. The molecule has 6 nitrogen and oxygen atoms in total. The number of anilines is 1. The number of methoxy groups -OCH3 is 2. The van der Waals surface area contributed by atoms with Crippen LogP contribution in [0.3, 0.4) is 0 Å². The molecule has 2 rings (SSSR count). The third kappa shape index (κ3) is 3.90. The summed E-state index contributed by atoms with van der Waals surface area (Å²) >= 11 is 0. The first kappa shape index (κ1) is 17.5. The zero-order chi connectivity index (χ0) is 17.7. The van der Waals surface area contributed by atoms with E-state index >= 15 is 0 Å². The van der Waals surface area contributed by atoms with Crippen molar-refractivity contribution in [2.24, 2.45) is 0 Å². The smallest absolute Gasteiger partial charge is 0.259 e. The van der Waals surface area contributed by atoms with Crippen LogP contribution in [0.4, 0.5) is 5.69 Å². The monoisotopic (exact) mass is 330 g/mol. The Morgan fingerprint density at radius 2 is 1.79 bits per heavy atom. The van der Waals surface area contributed by atoms with Crippen molar-refractivity contribution in [3.8, 4) is 17.2 Å². The maximum atomic E-state index is 12.4. The highest BCUT2D eigenvalue weighted by Crippen LogP contribution is 2.33. The number of aromatic hydroxyl groups is 1. The number of hydrogen-bond acceptors (Lipinski definition) is 5. The molecule has 2 aromatic carbocycles. The second-order valence-corrected chi connectivity index (χ2v) is 5.47. The molecule has 128 valence electrons. The first-order valence-corrected chi connectivity index (χ1v) is 7.45. The summed E-state index contributed by atoms with van der Waals surface area (Å²) in [7, 11) is 6.85. The number of ether oxygens (including phenoxy) is 2. The molecule has 0 aliphatic carbocycles. The highest BCUT2D eigenvalue weighted by molar-refractivity contribution is 5.99. The van der Waals surface area contributed by atoms with Gasteiger partial charge in [-0.25, -0.2) is 0 Å². The van der Waals surface area contributed by atoms with Crippen molar-refractivity contribution in [2.45, 2.75) is 6.54 Å². The van der Waals surface area contributed by atoms with Crippen molar-refractivity contribution < 1.29 is 19.4 Å². The molecule has 0 saturated carbocycles. The average Bonchev–Trinajstić information content (AvgIpc) is 2.59. The summed E-state index contributed by atoms with van der Waals surface area (Å²) in [6, 6.07) is 10.8. The Morgan fingerprint density at radius 3 is 2.33 bits per heavy atom. The number of amides is 1. The topological polar surface area (TPSA) is 71.0 Å². The molecule has 0 aliphatic rings. The van der Waals surface area contributed by atoms with Crippen LogP contribution in [0.15, 0.2) is 36.4 Å². The predicted octanol–water partition coefficient (Wildman–Crippen LogP) is 2.41. The number of carbonyl (C=O) groups excluding carboxylic acids is 1. The highest BCUT2D eigenvalue weighted by atomic mass is 16.5. The van der Waals surface area contributed by atoms with Crippen LogP contribution in [0.1, 0.15) is 15.9 Å². The predicted molar refractivity (Wildman–Crippen MR) is 93.2 cm³/mol. The Bertz CT molecular complexity index is 712. The van der Waals surface area contributed by atoms with Crippen LogP contribution < -0.4 is 19.7 Å². The molecule has 0 spiro atoms. The van der Waals surface area contributed by atoms with E-state index < -0.39 is 5.91 Å². The van der Waals surface area contributed by atoms with E-state index in [9.17, 15) is 9.90 Å². The van der Waals surface area contributed by atoms with Gasteiger partial charge in [0.1, 0.15) is 22.8 Å². The van der Waals surface area contributed by atoms with E-state index in [4.69, 9.17) is 9.47 Å². The van der Waals surface area contributed by atoms with Crippen LogP contribution in [-0.4, -0.2) is 39.3 Å². The number of nitrogens with zero attached hydrogens (tertiary/aromatic N) is 1. The van der Waals surface area contributed by atoms with Crippen molar-refractivity contribution in [3.05, 3.63) is 47.5 Å². The quantitative estimate of drug-likeness (QED) is 0.851. The molecule has 0 atom stereocenters. The van der Waals surface area contributed by atoms with E-state index in [0.717, 1.165) is 11.3 Å². The molecule has 2 N–H and O–H groups in total. The van der Waals surface area contributed by atoms with Gasteiger partial charge >= 0.3 is 0 Å². The Labute approximate surface area is 141 Å². The molecule has 0 unspecified atom stereocenters. The molecule has 2 aromatic rings. The highest BCUT2D eigenvalue weighted by Gasteiger charge is 2.19. The van der Waals surface area contributed by atoms with Gasteiger partial charge in [0.15, 0.2) is 0 Å². The fraction of sp³-hybridized carbons (Fsp3) is 0.278. The van der Waals surface area contributed by atoms with Crippen LogP contribution in [0.5, 0.6) is 17.2 Å². The van der Waals surface area contributed by atoms with Gasteiger partial charge in [0.25, 0.3) is 5.91 Å². The third-order valence-electron chi connectivity index (χ3n) is 3.64. The number of benzene rings is 2. The van der Waals surface area contributed by atoms with Gasteiger partial charge < -0.3 is 24.8 Å². The van der Waals surface area contributed by atoms with E-state index in [2.05, 4.69) is 5.32 Å². The van der Waals surface area contributed by atoms with Gasteiger partial charge in [0.2, 0.25) is 0 Å². The molecule has 0 bridgehead atoms. The van der Waals surface area contributed by atoms with Gasteiger partial charge in [-0.2, -0.15) is 0 Å². The van der Waals surface area contributed by atoms with Crippen LogP contribution in [-0.2, 0) is 6.54 Å². The summed E-state index contributed by atoms with van der Waals surface area (Å²) in [5, 5.41) is 12.9. The summed E-state index contributed by atoms with van der Waals surface area (Å²) in [4.78, 5) is 14.4. The van der Waals surface area contributed by atoms with Gasteiger partial charge in [0, 0.05) is 38.5 Å². The molecular weight excluding hydrogens is 308 g/mol. The third-order valence-corrected chi connectivity index (χ3v) is 3.64. The SMILES string of the molecule is COc1cc(O)c(C(=O)NCc2ccc(N(C)C)cc2)c(OC)c1.